The number of halogens is 1. The third-order valence-electron chi connectivity index (χ3n) is 5.38. The van der Waals surface area contributed by atoms with Gasteiger partial charge < -0.3 is 15.0 Å². The summed E-state index contributed by atoms with van der Waals surface area (Å²) in [6, 6.07) is 11.6. The number of piperazine rings is 1. The van der Waals surface area contributed by atoms with Gasteiger partial charge in [0.1, 0.15) is 6.04 Å². The Bertz CT molecular complexity index is 1050. The molecule has 11 heteroatoms. The number of carbonyl (C=O) groups is 3. The van der Waals surface area contributed by atoms with Crippen molar-refractivity contribution in [3.8, 4) is 0 Å². The van der Waals surface area contributed by atoms with Crippen molar-refractivity contribution in [1.29, 1.82) is 0 Å². The van der Waals surface area contributed by atoms with Crippen molar-refractivity contribution < 1.29 is 24.0 Å². The van der Waals surface area contributed by atoms with Gasteiger partial charge in [0.15, 0.2) is 0 Å². The van der Waals surface area contributed by atoms with Crippen molar-refractivity contribution in [3.05, 3.63) is 74.8 Å². The molecule has 0 aromatic heterocycles. The number of rotatable bonds is 7. The summed E-state index contributed by atoms with van der Waals surface area (Å²) in [6.07, 6.45) is 0. The first-order chi connectivity index (χ1) is 15.8. The molecule has 0 spiro atoms. The molecule has 1 aliphatic rings. The maximum Gasteiger partial charge on any atom is 0.327 e. The summed E-state index contributed by atoms with van der Waals surface area (Å²) >= 11 is 6.29. The lowest BCUT2D eigenvalue weighted by molar-refractivity contribution is -0.384. The van der Waals surface area contributed by atoms with Gasteiger partial charge in [-0.3, -0.25) is 24.6 Å². The van der Waals surface area contributed by atoms with E-state index in [1.807, 2.05) is 4.90 Å². The predicted molar refractivity (Wildman–Crippen MR) is 120 cm³/mol. The second-order valence-electron chi connectivity index (χ2n) is 7.35. The minimum absolute atomic E-state index is 0.0995. The van der Waals surface area contributed by atoms with Crippen LogP contribution in [0.3, 0.4) is 0 Å². The van der Waals surface area contributed by atoms with Gasteiger partial charge in [0.05, 0.1) is 18.6 Å². The second kappa shape index (κ2) is 10.9. The van der Waals surface area contributed by atoms with E-state index >= 15 is 0 Å². The summed E-state index contributed by atoms with van der Waals surface area (Å²) in [5.41, 5.74) is 0.529. The number of nitrogens with zero attached hydrogens (tertiary/aromatic N) is 3. The second-order valence-corrected chi connectivity index (χ2v) is 7.76. The lowest BCUT2D eigenvalue weighted by atomic mass is 10.0. The van der Waals surface area contributed by atoms with Crippen LogP contribution in [0.15, 0.2) is 48.5 Å². The van der Waals surface area contributed by atoms with E-state index in [2.05, 4.69) is 5.32 Å². The minimum Gasteiger partial charge on any atom is -0.468 e. The molecule has 1 atom stereocenters. The van der Waals surface area contributed by atoms with E-state index in [0.717, 1.165) is 6.07 Å². The van der Waals surface area contributed by atoms with Crippen LogP contribution in [0.5, 0.6) is 0 Å². The molecule has 3 rings (SSSR count). The molecule has 2 aromatic rings. The molecule has 1 saturated heterocycles. The topological polar surface area (TPSA) is 122 Å². The first kappa shape index (κ1) is 24.1. The number of hydrogen-bond acceptors (Lipinski definition) is 7. The Morgan fingerprint density at radius 3 is 2.45 bits per heavy atom. The van der Waals surface area contributed by atoms with Crippen molar-refractivity contribution in [1.82, 2.24) is 15.1 Å². The maximum absolute atomic E-state index is 12.6. The number of nitro groups is 1. The lowest BCUT2D eigenvalue weighted by Crippen LogP contribution is -2.53. The van der Waals surface area contributed by atoms with E-state index in [9.17, 15) is 24.5 Å². The standard InChI is InChI=1S/C22H23ClN4O6/c1-33-22(30)20(17-7-2-3-8-18(17)23)26-11-9-25(10-12-26)19(28)14-24-21(29)15-5-4-6-16(13-15)27(31)32/h2-8,13,20H,9-12,14H2,1H3,(H,24,29). The van der Waals surface area contributed by atoms with Gasteiger partial charge in [0, 0.05) is 48.9 Å². The Labute approximate surface area is 195 Å². The fourth-order valence-corrected chi connectivity index (χ4v) is 3.88. The van der Waals surface area contributed by atoms with Crippen LogP contribution in [0, 0.1) is 10.1 Å². The maximum atomic E-state index is 12.6. The highest BCUT2D eigenvalue weighted by Crippen LogP contribution is 2.29. The Morgan fingerprint density at radius 1 is 1.12 bits per heavy atom. The van der Waals surface area contributed by atoms with E-state index in [1.165, 1.54) is 25.3 Å². The molecule has 0 bridgehead atoms. The summed E-state index contributed by atoms with van der Waals surface area (Å²) in [6.45, 7) is 1.28. The SMILES string of the molecule is COC(=O)C(c1ccccc1Cl)N1CCN(C(=O)CNC(=O)c2cccc([N+](=O)[O-])c2)CC1. The first-order valence-electron chi connectivity index (χ1n) is 10.2. The summed E-state index contributed by atoms with van der Waals surface area (Å²) in [7, 11) is 1.32. The normalized spacial score (nSPS) is 14.9. The third-order valence-corrected chi connectivity index (χ3v) is 5.72. The van der Waals surface area contributed by atoms with Crippen LogP contribution in [-0.2, 0) is 14.3 Å². The van der Waals surface area contributed by atoms with E-state index < -0.39 is 22.8 Å². The zero-order valence-corrected chi connectivity index (χ0v) is 18.7. The van der Waals surface area contributed by atoms with Crippen molar-refractivity contribution in [2.45, 2.75) is 6.04 Å². The van der Waals surface area contributed by atoms with Crippen molar-refractivity contribution in [2.75, 3.05) is 39.8 Å². The number of esters is 1. The molecule has 1 aliphatic heterocycles. The van der Waals surface area contributed by atoms with Crippen molar-refractivity contribution in [2.24, 2.45) is 0 Å². The molecule has 33 heavy (non-hydrogen) atoms. The molecule has 1 fully saturated rings. The van der Waals surface area contributed by atoms with Gasteiger partial charge in [-0.15, -0.1) is 0 Å². The first-order valence-corrected chi connectivity index (χ1v) is 10.6. The largest absolute Gasteiger partial charge is 0.468 e. The number of nitrogens with one attached hydrogen (secondary N) is 1. The van der Waals surface area contributed by atoms with Gasteiger partial charge in [-0.05, 0) is 17.7 Å². The smallest absolute Gasteiger partial charge is 0.327 e. The predicted octanol–water partition coefficient (Wildman–Crippen LogP) is 2.04. The monoisotopic (exact) mass is 474 g/mol. The van der Waals surface area contributed by atoms with E-state index in [4.69, 9.17) is 16.3 Å². The number of hydrogen-bond donors (Lipinski definition) is 1. The molecule has 0 aliphatic carbocycles. The van der Waals surface area contributed by atoms with Gasteiger partial charge in [-0.1, -0.05) is 35.9 Å². The fraction of sp³-hybridized carbons (Fsp3) is 0.318. The fourth-order valence-electron chi connectivity index (χ4n) is 3.64. The van der Waals surface area contributed by atoms with Crippen LogP contribution in [0.4, 0.5) is 5.69 Å². The molecular weight excluding hydrogens is 452 g/mol. The highest BCUT2D eigenvalue weighted by atomic mass is 35.5. The molecule has 10 nitrogen and oxygen atoms in total. The zero-order chi connectivity index (χ0) is 24.0. The van der Waals surface area contributed by atoms with Crippen LogP contribution >= 0.6 is 11.6 Å². The molecule has 1 heterocycles. The Balaban J connectivity index is 1.57. The average Bonchev–Trinajstić information content (AvgIpc) is 2.84. The number of ether oxygens (including phenoxy) is 1. The number of non-ortho nitro benzene ring substituents is 1. The number of amides is 2. The Kier molecular flexibility index (Phi) is 7.96. The van der Waals surface area contributed by atoms with E-state index in [0.29, 0.717) is 36.8 Å². The highest BCUT2D eigenvalue weighted by molar-refractivity contribution is 6.31. The molecule has 174 valence electrons. The van der Waals surface area contributed by atoms with Gasteiger partial charge in [-0.25, -0.2) is 4.79 Å². The minimum atomic E-state index is -0.686. The highest BCUT2D eigenvalue weighted by Gasteiger charge is 2.33. The summed E-state index contributed by atoms with van der Waals surface area (Å²) in [4.78, 5) is 51.1. The van der Waals surface area contributed by atoms with Crippen LogP contribution in [0.1, 0.15) is 22.0 Å². The molecule has 0 radical (unpaired) electrons. The molecule has 1 unspecified atom stereocenters. The average molecular weight is 475 g/mol. The quantitative estimate of drug-likeness (QED) is 0.370. The zero-order valence-electron chi connectivity index (χ0n) is 17.9. The summed E-state index contributed by atoms with van der Waals surface area (Å²) < 4.78 is 4.97. The Hall–Kier alpha value is -3.50. The molecule has 1 N–H and O–H groups in total. The van der Waals surface area contributed by atoms with Crippen molar-refractivity contribution >= 4 is 35.1 Å². The third kappa shape index (κ3) is 5.85. The van der Waals surface area contributed by atoms with Gasteiger partial charge >= 0.3 is 5.97 Å². The van der Waals surface area contributed by atoms with Crippen molar-refractivity contribution in [3.63, 3.8) is 0 Å². The van der Waals surface area contributed by atoms with Crippen LogP contribution in [-0.4, -0.2) is 72.3 Å². The van der Waals surface area contributed by atoms with Gasteiger partial charge in [-0.2, -0.15) is 0 Å². The van der Waals surface area contributed by atoms with Gasteiger partial charge in [0.25, 0.3) is 11.6 Å². The molecule has 2 aromatic carbocycles. The summed E-state index contributed by atoms with van der Waals surface area (Å²) in [5, 5.41) is 13.8. The number of carbonyl (C=O) groups excluding carboxylic acids is 3. The number of benzene rings is 2. The van der Waals surface area contributed by atoms with Crippen LogP contribution < -0.4 is 5.32 Å². The van der Waals surface area contributed by atoms with E-state index in [-0.39, 0.29) is 23.7 Å². The number of methoxy groups -OCH3 is 1. The van der Waals surface area contributed by atoms with Crippen LogP contribution in [0.25, 0.3) is 0 Å². The molecule has 2 amide bonds. The van der Waals surface area contributed by atoms with Gasteiger partial charge in [0.2, 0.25) is 5.91 Å². The lowest BCUT2D eigenvalue weighted by Gasteiger charge is -2.38. The van der Waals surface area contributed by atoms with Crippen LogP contribution in [0.2, 0.25) is 5.02 Å². The molecular formula is C22H23ClN4O6. The summed E-state index contributed by atoms with van der Waals surface area (Å²) in [5.74, 6) is -1.30. The van der Waals surface area contributed by atoms with E-state index in [1.54, 1.807) is 29.2 Å². The Morgan fingerprint density at radius 2 is 1.82 bits per heavy atom. The molecule has 0 saturated carbocycles. The number of nitro benzene ring substituents is 1.